The second kappa shape index (κ2) is 10.1. The normalized spacial score (nSPS) is 13.5. The zero-order chi connectivity index (χ0) is 24.1. The molecule has 7 heteroatoms. The summed E-state index contributed by atoms with van der Waals surface area (Å²) in [6, 6.07) is 21.1. The molecule has 2 atom stereocenters. The second-order valence-corrected chi connectivity index (χ2v) is 8.17. The minimum atomic E-state index is -4.46. The molecule has 0 spiro atoms. The van der Waals surface area contributed by atoms with Gasteiger partial charge >= 0.3 is 12.1 Å². The van der Waals surface area contributed by atoms with Crippen LogP contribution in [0.4, 0.5) is 13.2 Å². The number of benzene rings is 3. The third-order valence-corrected chi connectivity index (χ3v) is 5.89. The standard InChI is InChI=1S/C27H25F3N2O2/c1-34-26(33)25(16-20-17-31-23-13-6-5-12-22(20)23)32-24(14-18-8-3-2-4-9-18)19-10-7-11-21(15-19)27(28,29)30/h2-13,15,17,24-25,31-32H,14,16H2,1H3/t24?,25-/m0/s1. The molecular weight excluding hydrogens is 441 g/mol. The molecule has 0 fully saturated rings. The number of aromatic amines is 1. The van der Waals surface area contributed by atoms with Crippen LogP contribution in [-0.2, 0) is 28.5 Å². The molecule has 176 valence electrons. The minimum Gasteiger partial charge on any atom is -0.468 e. The molecule has 0 radical (unpaired) electrons. The van der Waals surface area contributed by atoms with Crippen molar-refractivity contribution in [3.8, 4) is 0 Å². The zero-order valence-electron chi connectivity index (χ0n) is 18.6. The van der Waals surface area contributed by atoms with E-state index in [2.05, 4.69) is 10.3 Å². The predicted molar refractivity (Wildman–Crippen MR) is 125 cm³/mol. The summed E-state index contributed by atoms with van der Waals surface area (Å²) in [6.07, 6.45) is -1.89. The van der Waals surface area contributed by atoms with Crippen molar-refractivity contribution in [2.45, 2.75) is 31.1 Å². The summed E-state index contributed by atoms with van der Waals surface area (Å²) >= 11 is 0. The van der Waals surface area contributed by atoms with Crippen LogP contribution in [0, 0.1) is 0 Å². The van der Waals surface area contributed by atoms with E-state index in [4.69, 9.17) is 4.74 Å². The Morgan fingerprint density at radius 1 is 0.971 bits per heavy atom. The number of fused-ring (bicyclic) bond motifs is 1. The van der Waals surface area contributed by atoms with Crippen molar-refractivity contribution in [1.82, 2.24) is 10.3 Å². The van der Waals surface area contributed by atoms with E-state index in [0.29, 0.717) is 18.4 Å². The molecule has 4 rings (SSSR count). The molecule has 34 heavy (non-hydrogen) atoms. The van der Waals surface area contributed by atoms with E-state index < -0.39 is 29.8 Å². The fraction of sp³-hybridized carbons (Fsp3) is 0.222. The molecule has 1 aromatic heterocycles. The van der Waals surface area contributed by atoms with Crippen LogP contribution in [-0.4, -0.2) is 24.1 Å². The lowest BCUT2D eigenvalue weighted by atomic mass is 9.95. The first-order valence-electron chi connectivity index (χ1n) is 10.9. The number of hydrogen-bond donors (Lipinski definition) is 2. The Morgan fingerprint density at radius 2 is 1.71 bits per heavy atom. The number of methoxy groups -OCH3 is 1. The number of aromatic nitrogens is 1. The molecule has 2 N–H and O–H groups in total. The summed E-state index contributed by atoms with van der Waals surface area (Å²) < 4.78 is 45.3. The smallest absolute Gasteiger partial charge is 0.416 e. The summed E-state index contributed by atoms with van der Waals surface area (Å²) in [5, 5.41) is 4.28. The zero-order valence-corrected chi connectivity index (χ0v) is 18.6. The van der Waals surface area contributed by atoms with Crippen molar-refractivity contribution in [3.05, 3.63) is 107 Å². The van der Waals surface area contributed by atoms with Crippen LogP contribution in [0.15, 0.2) is 85.1 Å². The predicted octanol–water partition coefficient (Wildman–Crippen LogP) is 5.84. The van der Waals surface area contributed by atoms with Crippen molar-refractivity contribution in [1.29, 1.82) is 0 Å². The highest BCUT2D eigenvalue weighted by Gasteiger charge is 2.32. The summed E-state index contributed by atoms with van der Waals surface area (Å²) in [6.45, 7) is 0. The van der Waals surface area contributed by atoms with Crippen LogP contribution in [0.25, 0.3) is 10.9 Å². The van der Waals surface area contributed by atoms with E-state index in [1.165, 1.54) is 13.2 Å². The van der Waals surface area contributed by atoms with Crippen molar-refractivity contribution in [2.75, 3.05) is 7.11 Å². The monoisotopic (exact) mass is 466 g/mol. The van der Waals surface area contributed by atoms with Crippen LogP contribution < -0.4 is 5.32 Å². The Kier molecular flexibility index (Phi) is 7.03. The van der Waals surface area contributed by atoms with Gasteiger partial charge in [-0.15, -0.1) is 0 Å². The Balaban J connectivity index is 1.68. The molecule has 4 aromatic rings. The molecule has 0 amide bonds. The highest BCUT2D eigenvalue weighted by molar-refractivity contribution is 5.84. The average molecular weight is 467 g/mol. The van der Waals surface area contributed by atoms with E-state index >= 15 is 0 Å². The van der Waals surface area contributed by atoms with Crippen molar-refractivity contribution >= 4 is 16.9 Å². The van der Waals surface area contributed by atoms with Gasteiger partial charge in [0.2, 0.25) is 0 Å². The van der Waals surface area contributed by atoms with E-state index in [0.717, 1.165) is 34.2 Å². The molecule has 0 saturated heterocycles. The number of ether oxygens (including phenoxy) is 1. The van der Waals surface area contributed by atoms with Crippen LogP contribution in [0.5, 0.6) is 0 Å². The molecule has 1 unspecified atom stereocenters. The number of esters is 1. The molecule has 3 aromatic carbocycles. The van der Waals surface area contributed by atoms with E-state index in [-0.39, 0.29) is 0 Å². The quantitative estimate of drug-likeness (QED) is 0.321. The maximum atomic E-state index is 13.4. The molecule has 0 saturated carbocycles. The number of para-hydroxylation sites is 1. The number of carbonyl (C=O) groups is 1. The number of nitrogens with one attached hydrogen (secondary N) is 2. The van der Waals surface area contributed by atoms with E-state index in [1.807, 2.05) is 60.8 Å². The molecular formula is C27H25F3N2O2. The van der Waals surface area contributed by atoms with Crippen molar-refractivity contribution < 1.29 is 22.7 Å². The molecule has 0 bridgehead atoms. The van der Waals surface area contributed by atoms with Gasteiger partial charge in [0.15, 0.2) is 0 Å². The molecule has 0 aliphatic rings. The third-order valence-electron chi connectivity index (χ3n) is 5.89. The van der Waals surface area contributed by atoms with Gasteiger partial charge in [0.05, 0.1) is 12.7 Å². The first-order chi connectivity index (χ1) is 16.3. The van der Waals surface area contributed by atoms with Gasteiger partial charge in [-0.05, 0) is 41.3 Å². The van der Waals surface area contributed by atoms with Gasteiger partial charge < -0.3 is 9.72 Å². The van der Waals surface area contributed by atoms with Crippen LogP contribution >= 0.6 is 0 Å². The Morgan fingerprint density at radius 3 is 2.44 bits per heavy atom. The number of carbonyl (C=O) groups excluding carboxylic acids is 1. The summed E-state index contributed by atoms with van der Waals surface area (Å²) in [4.78, 5) is 15.9. The van der Waals surface area contributed by atoms with Gasteiger partial charge in [0.25, 0.3) is 0 Å². The number of halogens is 3. The lowest BCUT2D eigenvalue weighted by Gasteiger charge is -2.25. The van der Waals surface area contributed by atoms with Crippen molar-refractivity contribution in [2.24, 2.45) is 0 Å². The fourth-order valence-electron chi connectivity index (χ4n) is 4.17. The van der Waals surface area contributed by atoms with E-state index in [1.54, 1.807) is 6.07 Å². The average Bonchev–Trinajstić information content (AvgIpc) is 3.25. The van der Waals surface area contributed by atoms with Crippen molar-refractivity contribution in [3.63, 3.8) is 0 Å². The van der Waals surface area contributed by atoms with Gasteiger partial charge in [0, 0.05) is 29.6 Å². The van der Waals surface area contributed by atoms with Gasteiger partial charge in [0.1, 0.15) is 6.04 Å². The number of alkyl halides is 3. The lowest BCUT2D eigenvalue weighted by Crippen LogP contribution is -2.42. The number of rotatable bonds is 8. The topological polar surface area (TPSA) is 54.1 Å². The van der Waals surface area contributed by atoms with Crippen LogP contribution in [0.1, 0.15) is 28.3 Å². The van der Waals surface area contributed by atoms with Gasteiger partial charge in [-0.2, -0.15) is 13.2 Å². The van der Waals surface area contributed by atoms with Crippen LogP contribution in [0.2, 0.25) is 0 Å². The summed E-state index contributed by atoms with van der Waals surface area (Å²) in [7, 11) is 1.31. The summed E-state index contributed by atoms with van der Waals surface area (Å²) in [5.74, 6) is -0.477. The SMILES string of the molecule is COC(=O)[C@H](Cc1c[nH]c2ccccc12)NC(Cc1ccccc1)c1cccc(C(F)(F)F)c1. The Bertz CT molecular complexity index is 1250. The highest BCUT2D eigenvalue weighted by Crippen LogP contribution is 2.32. The number of H-pyrrole nitrogens is 1. The molecule has 0 aliphatic heterocycles. The first kappa shape index (κ1) is 23.6. The summed E-state index contributed by atoms with van der Waals surface area (Å²) in [5.41, 5.74) is 2.52. The molecule has 0 aliphatic carbocycles. The van der Waals surface area contributed by atoms with Crippen LogP contribution in [0.3, 0.4) is 0 Å². The minimum absolute atomic E-state index is 0.320. The molecule has 4 nitrogen and oxygen atoms in total. The maximum Gasteiger partial charge on any atom is 0.416 e. The fourth-order valence-corrected chi connectivity index (χ4v) is 4.17. The molecule has 1 heterocycles. The lowest BCUT2D eigenvalue weighted by molar-refractivity contribution is -0.143. The van der Waals surface area contributed by atoms with Gasteiger partial charge in [-0.1, -0.05) is 60.7 Å². The number of hydrogen-bond acceptors (Lipinski definition) is 3. The Hall–Kier alpha value is -3.58. The Labute approximate surface area is 195 Å². The second-order valence-electron chi connectivity index (χ2n) is 8.17. The largest absolute Gasteiger partial charge is 0.468 e. The highest BCUT2D eigenvalue weighted by atomic mass is 19.4. The van der Waals surface area contributed by atoms with E-state index in [9.17, 15) is 18.0 Å². The third kappa shape index (κ3) is 5.48. The first-order valence-corrected chi connectivity index (χ1v) is 10.9. The van der Waals surface area contributed by atoms with Gasteiger partial charge in [-0.3, -0.25) is 10.1 Å². The van der Waals surface area contributed by atoms with Gasteiger partial charge in [-0.25, -0.2) is 0 Å². The maximum absolute atomic E-state index is 13.4.